The van der Waals surface area contributed by atoms with Crippen LogP contribution in [0.25, 0.3) is 0 Å². The Bertz CT molecular complexity index is 414. The quantitative estimate of drug-likeness (QED) is 0.650. The second kappa shape index (κ2) is 9.09. The van der Waals surface area contributed by atoms with Crippen LogP contribution < -0.4 is 5.73 Å². The minimum atomic E-state index is 0.494. The fourth-order valence-electron chi connectivity index (χ4n) is 1.30. The number of anilines is 1. The first-order chi connectivity index (χ1) is 8.92. The summed E-state index contributed by atoms with van der Waals surface area (Å²) in [6.45, 7) is 15.5. The third kappa shape index (κ3) is 7.19. The summed E-state index contributed by atoms with van der Waals surface area (Å²) in [4.78, 5) is 7.62. The van der Waals surface area contributed by atoms with Gasteiger partial charge in [0.1, 0.15) is 5.82 Å². The zero-order valence-corrected chi connectivity index (χ0v) is 12.4. The van der Waals surface area contributed by atoms with Crippen molar-refractivity contribution >= 4 is 12.5 Å². The van der Waals surface area contributed by atoms with Gasteiger partial charge in [0.25, 0.3) is 0 Å². The summed E-state index contributed by atoms with van der Waals surface area (Å²) in [6, 6.07) is 3.84. The molecule has 0 radical (unpaired) electrons. The number of aliphatic imine (C=N–C) groups is 1. The maximum atomic E-state index is 5.42. The van der Waals surface area contributed by atoms with E-state index in [1.54, 1.807) is 12.3 Å². The number of pyridine rings is 1. The number of hydrogen-bond acceptors (Lipinski definition) is 3. The number of hydrogen-bond donors (Lipinski definition) is 1. The molecule has 0 aliphatic rings. The van der Waals surface area contributed by atoms with Crippen molar-refractivity contribution in [1.82, 2.24) is 4.98 Å². The Hall–Kier alpha value is -1.90. The van der Waals surface area contributed by atoms with Gasteiger partial charge >= 0.3 is 0 Å². The van der Waals surface area contributed by atoms with E-state index in [1.165, 1.54) is 5.56 Å². The number of nitrogens with zero attached hydrogens (tertiary/aromatic N) is 2. The molecule has 104 valence electrons. The molecule has 1 aromatic heterocycles. The maximum absolute atomic E-state index is 5.42. The molecule has 0 aliphatic carbocycles. The van der Waals surface area contributed by atoms with Crippen LogP contribution in [0.5, 0.6) is 0 Å². The minimum absolute atomic E-state index is 0.494. The van der Waals surface area contributed by atoms with Crippen molar-refractivity contribution in [2.45, 2.75) is 33.6 Å². The summed E-state index contributed by atoms with van der Waals surface area (Å²) in [6.07, 6.45) is 5.36. The lowest BCUT2D eigenvalue weighted by atomic mass is 10.1. The lowest BCUT2D eigenvalue weighted by Crippen LogP contribution is -1.92. The second-order valence-electron chi connectivity index (χ2n) is 4.84. The third-order valence-corrected chi connectivity index (χ3v) is 2.62. The summed E-state index contributed by atoms with van der Waals surface area (Å²) < 4.78 is 0. The molecule has 2 N–H and O–H groups in total. The molecule has 3 heteroatoms. The number of nitrogen functional groups attached to an aromatic ring is 1. The summed E-state index contributed by atoms with van der Waals surface area (Å²) in [7, 11) is 0. The lowest BCUT2D eigenvalue weighted by Gasteiger charge is -2.02. The van der Waals surface area contributed by atoms with Gasteiger partial charge in [-0.25, -0.2) is 4.98 Å². The molecule has 1 heterocycles. The monoisotopic (exact) mass is 259 g/mol. The zero-order chi connectivity index (χ0) is 14.8. The Morgan fingerprint density at radius 3 is 2.21 bits per heavy atom. The van der Waals surface area contributed by atoms with Crippen molar-refractivity contribution in [2.24, 2.45) is 10.9 Å². The summed E-state index contributed by atoms with van der Waals surface area (Å²) in [5.74, 6) is 1.62. The highest BCUT2D eigenvalue weighted by molar-refractivity contribution is 5.30. The van der Waals surface area contributed by atoms with Gasteiger partial charge < -0.3 is 5.73 Å². The molecule has 0 atom stereocenters. The molecule has 0 saturated heterocycles. The smallest absolute Gasteiger partial charge is 0.123 e. The maximum Gasteiger partial charge on any atom is 0.123 e. The Labute approximate surface area is 117 Å². The van der Waals surface area contributed by atoms with Gasteiger partial charge in [0, 0.05) is 12.4 Å². The van der Waals surface area contributed by atoms with E-state index in [2.05, 4.69) is 51.0 Å². The molecule has 3 nitrogen and oxygen atoms in total. The van der Waals surface area contributed by atoms with Crippen molar-refractivity contribution in [3.05, 3.63) is 48.3 Å². The Morgan fingerprint density at radius 1 is 1.32 bits per heavy atom. The highest BCUT2D eigenvalue weighted by atomic mass is 14.8. The molecular formula is C16H25N3. The van der Waals surface area contributed by atoms with E-state index < -0.39 is 0 Å². The molecule has 0 spiro atoms. The van der Waals surface area contributed by atoms with Gasteiger partial charge in [-0.05, 0) is 35.8 Å². The molecule has 0 aromatic carbocycles. The molecule has 1 rings (SSSR count). The van der Waals surface area contributed by atoms with Crippen LogP contribution in [0.1, 0.15) is 39.2 Å². The predicted molar refractivity (Wildman–Crippen MR) is 85.4 cm³/mol. The van der Waals surface area contributed by atoms with Gasteiger partial charge in [0.2, 0.25) is 0 Å². The SMILES string of the molecule is C=C/C(=C\N=C)C(C)C.CC(C)c1ccc(N)nc1. The van der Waals surface area contributed by atoms with Crippen molar-refractivity contribution < 1.29 is 0 Å². The Kier molecular flexibility index (Phi) is 8.18. The van der Waals surface area contributed by atoms with E-state index in [0.29, 0.717) is 17.7 Å². The minimum Gasteiger partial charge on any atom is -0.384 e. The normalized spacial score (nSPS) is 10.9. The summed E-state index contributed by atoms with van der Waals surface area (Å²) in [5.41, 5.74) is 7.78. The molecule has 0 amide bonds. The lowest BCUT2D eigenvalue weighted by molar-refractivity contribution is 0.789. The third-order valence-electron chi connectivity index (χ3n) is 2.62. The second-order valence-corrected chi connectivity index (χ2v) is 4.84. The summed E-state index contributed by atoms with van der Waals surface area (Å²) >= 11 is 0. The van der Waals surface area contributed by atoms with Crippen LogP contribution in [0, 0.1) is 5.92 Å². The van der Waals surface area contributed by atoms with Gasteiger partial charge in [-0.2, -0.15) is 0 Å². The van der Waals surface area contributed by atoms with Crippen LogP contribution in [-0.4, -0.2) is 11.7 Å². The molecule has 0 bridgehead atoms. The van der Waals surface area contributed by atoms with Crippen LogP contribution in [0.4, 0.5) is 5.82 Å². The Morgan fingerprint density at radius 2 is 1.95 bits per heavy atom. The number of allylic oxidation sites excluding steroid dienone is 2. The molecule has 0 aliphatic heterocycles. The van der Waals surface area contributed by atoms with E-state index >= 15 is 0 Å². The van der Waals surface area contributed by atoms with Crippen LogP contribution in [0.3, 0.4) is 0 Å². The number of rotatable bonds is 4. The number of aromatic nitrogens is 1. The average molecular weight is 259 g/mol. The molecule has 0 fully saturated rings. The largest absolute Gasteiger partial charge is 0.384 e. The molecule has 0 unspecified atom stereocenters. The van der Waals surface area contributed by atoms with Crippen LogP contribution in [0.15, 0.2) is 47.7 Å². The fourth-order valence-corrected chi connectivity index (χ4v) is 1.30. The van der Waals surface area contributed by atoms with Crippen molar-refractivity contribution in [3.63, 3.8) is 0 Å². The first-order valence-electron chi connectivity index (χ1n) is 6.42. The standard InChI is InChI=1S/C8H12N2.C8H13N/c1-6(2)7-3-4-8(9)10-5-7;1-5-8(6-9-4)7(2)3/h3-6H,1-2H3,(H2,9,10);5-7H,1,4H2,2-3H3/b;8-6+. The van der Waals surface area contributed by atoms with Gasteiger partial charge in [-0.15, -0.1) is 0 Å². The highest BCUT2D eigenvalue weighted by Crippen LogP contribution is 2.12. The van der Waals surface area contributed by atoms with E-state index in [4.69, 9.17) is 5.73 Å². The zero-order valence-electron chi connectivity index (χ0n) is 12.4. The number of nitrogens with two attached hydrogens (primary N) is 1. The highest BCUT2D eigenvalue weighted by Gasteiger charge is 1.96. The topological polar surface area (TPSA) is 51.3 Å². The van der Waals surface area contributed by atoms with Crippen LogP contribution in [-0.2, 0) is 0 Å². The van der Waals surface area contributed by atoms with Crippen molar-refractivity contribution in [3.8, 4) is 0 Å². The Balaban J connectivity index is 0.000000344. The van der Waals surface area contributed by atoms with Crippen molar-refractivity contribution in [2.75, 3.05) is 5.73 Å². The van der Waals surface area contributed by atoms with E-state index in [1.807, 2.05) is 18.3 Å². The van der Waals surface area contributed by atoms with Crippen molar-refractivity contribution in [1.29, 1.82) is 0 Å². The van der Waals surface area contributed by atoms with E-state index in [0.717, 1.165) is 5.57 Å². The molecule has 0 saturated carbocycles. The first-order valence-corrected chi connectivity index (χ1v) is 6.42. The average Bonchev–Trinajstić information content (AvgIpc) is 2.36. The summed E-state index contributed by atoms with van der Waals surface area (Å²) in [5, 5.41) is 0. The first kappa shape index (κ1) is 17.1. The van der Waals surface area contributed by atoms with Crippen LogP contribution in [0.2, 0.25) is 0 Å². The molecule has 19 heavy (non-hydrogen) atoms. The molecular weight excluding hydrogens is 234 g/mol. The van der Waals surface area contributed by atoms with Gasteiger partial charge in [-0.3, -0.25) is 4.99 Å². The fraction of sp³-hybridized carbons (Fsp3) is 0.375. The predicted octanol–water partition coefficient (Wildman–Crippen LogP) is 4.20. The molecule has 1 aromatic rings. The van der Waals surface area contributed by atoms with Gasteiger partial charge in [-0.1, -0.05) is 46.4 Å². The van der Waals surface area contributed by atoms with E-state index in [-0.39, 0.29) is 0 Å². The van der Waals surface area contributed by atoms with Gasteiger partial charge in [0.15, 0.2) is 0 Å². The van der Waals surface area contributed by atoms with Crippen LogP contribution >= 0.6 is 0 Å². The van der Waals surface area contributed by atoms with Gasteiger partial charge in [0.05, 0.1) is 0 Å². The van der Waals surface area contributed by atoms with E-state index in [9.17, 15) is 0 Å².